The predicted octanol–water partition coefficient (Wildman–Crippen LogP) is 3.44. The number of aliphatic hydroxyl groups excluding tert-OH is 1. The summed E-state index contributed by atoms with van der Waals surface area (Å²) < 4.78 is 0. The molecule has 0 radical (unpaired) electrons. The zero-order valence-electron chi connectivity index (χ0n) is 14.7. The fourth-order valence-electron chi connectivity index (χ4n) is 2.36. The molecule has 0 saturated heterocycles. The number of hydrogen-bond acceptors (Lipinski definition) is 2. The molecule has 124 valence electrons. The first-order chi connectivity index (χ1) is 10.2. The van der Waals surface area contributed by atoms with E-state index in [1.807, 2.05) is 39.8 Å². The second kappa shape index (κ2) is 7.77. The maximum Gasteiger partial charge on any atom is 0.230 e. The lowest BCUT2D eigenvalue weighted by atomic mass is 9.83. The van der Waals surface area contributed by atoms with E-state index in [0.29, 0.717) is 6.54 Å². The molecule has 0 fully saturated rings. The Balaban J connectivity index is 2.55. The first-order valence-electron chi connectivity index (χ1n) is 8.21. The molecule has 0 spiro atoms. The van der Waals surface area contributed by atoms with Crippen molar-refractivity contribution in [1.29, 1.82) is 0 Å². The Labute approximate surface area is 135 Å². The van der Waals surface area contributed by atoms with E-state index in [9.17, 15) is 9.90 Å². The van der Waals surface area contributed by atoms with E-state index in [2.05, 4.69) is 24.4 Å². The molecule has 0 unspecified atom stereocenters. The fraction of sp³-hybridized carbons (Fsp3) is 0.632. The zero-order valence-corrected chi connectivity index (χ0v) is 14.7. The molecule has 0 aliphatic carbocycles. The summed E-state index contributed by atoms with van der Waals surface area (Å²) in [7, 11) is 0. The van der Waals surface area contributed by atoms with Crippen LogP contribution in [0, 0.1) is 5.41 Å². The number of benzene rings is 1. The highest BCUT2D eigenvalue weighted by Gasteiger charge is 2.29. The summed E-state index contributed by atoms with van der Waals surface area (Å²) in [6, 6.07) is 8.28. The average Bonchev–Trinajstić information content (AvgIpc) is 2.51. The monoisotopic (exact) mass is 305 g/mol. The average molecular weight is 305 g/mol. The Morgan fingerprint density at radius 3 is 2.23 bits per heavy atom. The van der Waals surface area contributed by atoms with Crippen LogP contribution < -0.4 is 5.32 Å². The second-order valence-electron chi connectivity index (χ2n) is 7.36. The van der Waals surface area contributed by atoms with Crippen molar-refractivity contribution in [2.75, 3.05) is 13.2 Å². The van der Waals surface area contributed by atoms with Crippen LogP contribution in [0.1, 0.15) is 58.6 Å². The van der Waals surface area contributed by atoms with Crippen molar-refractivity contribution < 1.29 is 9.90 Å². The Kier molecular flexibility index (Phi) is 6.61. The fourth-order valence-corrected chi connectivity index (χ4v) is 2.36. The standard InChI is InChI=1S/C19H31NO2/c1-6-15-8-10-16(11-9-15)19(4,5)17(22)20-13-7-12-18(2,3)14-21/h8-11,21H,6-7,12-14H2,1-5H3,(H,20,22). The molecular weight excluding hydrogens is 274 g/mol. The number of aliphatic hydroxyl groups is 1. The number of carbonyl (C=O) groups is 1. The van der Waals surface area contributed by atoms with Crippen LogP contribution in [-0.4, -0.2) is 24.2 Å². The van der Waals surface area contributed by atoms with E-state index in [-0.39, 0.29) is 17.9 Å². The van der Waals surface area contributed by atoms with Gasteiger partial charge in [0.25, 0.3) is 0 Å². The molecule has 0 heterocycles. The van der Waals surface area contributed by atoms with Gasteiger partial charge < -0.3 is 10.4 Å². The quantitative estimate of drug-likeness (QED) is 0.723. The van der Waals surface area contributed by atoms with Crippen LogP contribution >= 0.6 is 0 Å². The van der Waals surface area contributed by atoms with Gasteiger partial charge in [-0.3, -0.25) is 4.79 Å². The maximum atomic E-state index is 12.5. The Hall–Kier alpha value is -1.35. The highest BCUT2D eigenvalue weighted by Crippen LogP contribution is 2.24. The molecular formula is C19H31NO2. The third kappa shape index (κ3) is 5.13. The SMILES string of the molecule is CCc1ccc(C(C)(C)C(=O)NCCCC(C)(C)CO)cc1. The van der Waals surface area contributed by atoms with Crippen LogP contribution in [-0.2, 0) is 16.6 Å². The van der Waals surface area contributed by atoms with Crippen molar-refractivity contribution >= 4 is 5.91 Å². The van der Waals surface area contributed by atoms with Crippen LogP contribution in [0.2, 0.25) is 0 Å². The Morgan fingerprint density at radius 1 is 1.14 bits per heavy atom. The number of amides is 1. The molecule has 0 saturated carbocycles. The largest absolute Gasteiger partial charge is 0.396 e. The van der Waals surface area contributed by atoms with Gasteiger partial charge in [0.2, 0.25) is 5.91 Å². The van der Waals surface area contributed by atoms with Crippen molar-refractivity contribution in [2.45, 2.75) is 59.3 Å². The molecule has 0 bridgehead atoms. The summed E-state index contributed by atoms with van der Waals surface area (Å²) in [5, 5.41) is 12.3. The maximum absolute atomic E-state index is 12.5. The molecule has 0 aliphatic heterocycles. The number of aryl methyl sites for hydroxylation is 1. The van der Waals surface area contributed by atoms with Gasteiger partial charge in [0.1, 0.15) is 0 Å². The molecule has 0 aromatic heterocycles. The van der Waals surface area contributed by atoms with Crippen molar-refractivity contribution in [3.8, 4) is 0 Å². The van der Waals surface area contributed by atoms with Crippen molar-refractivity contribution in [1.82, 2.24) is 5.32 Å². The lowest BCUT2D eigenvalue weighted by Crippen LogP contribution is -2.40. The minimum Gasteiger partial charge on any atom is -0.396 e. The van der Waals surface area contributed by atoms with E-state index < -0.39 is 5.41 Å². The number of carbonyl (C=O) groups excluding carboxylic acids is 1. The normalized spacial score (nSPS) is 12.3. The van der Waals surface area contributed by atoms with Gasteiger partial charge in [0.05, 0.1) is 5.41 Å². The minimum absolute atomic E-state index is 0.0542. The molecule has 1 amide bonds. The lowest BCUT2D eigenvalue weighted by Gasteiger charge is -2.25. The Morgan fingerprint density at radius 2 is 1.73 bits per heavy atom. The van der Waals surface area contributed by atoms with Gasteiger partial charge in [0, 0.05) is 13.2 Å². The van der Waals surface area contributed by atoms with Crippen molar-refractivity contribution in [3.63, 3.8) is 0 Å². The third-order valence-corrected chi connectivity index (χ3v) is 4.40. The van der Waals surface area contributed by atoms with Crippen LogP contribution in [0.5, 0.6) is 0 Å². The van der Waals surface area contributed by atoms with E-state index >= 15 is 0 Å². The number of rotatable bonds is 8. The van der Waals surface area contributed by atoms with Crippen molar-refractivity contribution in [3.05, 3.63) is 35.4 Å². The van der Waals surface area contributed by atoms with Gasteiger partial charge in [-0.15, -0.1) is 0 Å². The second-order valence-corrected chi connectivity index (χ2v) is 7.36. The van der Waals surface area contributed by atoms with Crippen LogP contribution in [0.25, 0.3) is 0 Å². The summed E-state index contributed by atoms with van der Waals surface area (Å²) in [4.78, 5) is 12.5. The first-order valence-corrected chi connectivity index (χ1v) is 8.21. The van der Waals surface area contributed by atoms with Crippen LogP contribution in [0.3, 0.4) is 0 Å². The van der Waals surface area contributed by atoms with Gasteiger partial charge in [0.15, 0.2) is 0 Å². The van der Waals surface area contributed by atoms with E-state index in [0.717, 1.165) is 24.8 Å². The number of hydrogen-bond donors (Lipinski definition) is 2. The molecule has 0 atom stereocenters. The molecule has 3 nitrogen and oxygen atoms in total. The van der Waals surface area contributed by atoms with Crippen molar-refractivity contribution in [2.24, 2.45) is 5.41 Å². The van der Waals surface area contributed by atoms with Crippen LogP contribution in [0.15, 0.2) is 24.3 Å². The first kappa shape index (κ1) is 18.7. The third-order valence-electron chi connectivity index (χ3n) is 4.40. The van der Waals surface area contributed by atoms with E-state index in [1.165, 1.54) is 5.56 Å². The number of nitrogens with one attached hydrogen (secondary N) is 1. The predicted molar refractivity (Wildman–Crippen MR) is 92.0 cm³/mol. The van der Waals surface area contributed by atoms with Gasteiger partial charge in [-0.2, -0.15) is 0 Å². The van der Waals surface area contributed by atoms with Gasteiger partial charge in [-0.1, -0.05) is 45.0 Å². The van der Waals surface area contributed by atoms with Crippen LogP contribution in [0.4, 0.5) is 0 Å². The summed E-state index contributed by atoms with van der Waals surface area (Å²) in [5.74, 6) is 0.0542. The highest BCUT2D eigenvalue weighted by atomic mass is 16.3. The summed E-state index contributed by atoms with van der Waals surface area (Å²) in [5.41, 5.74) is 1.72. The summed E-state index contributed by atoms with van der Waals surface area (Å²) >= 11 is 0. The zero-order chi connectivity index (χ0) is 16.8. The summed E-state index contributed by atoms with van der Waals surface area (Å²) in [6.07, 6.45) is 2.78. The summed E-state index contributed by atoms with van der Waals surface area (Å²) in [6.45, 7) is 10.9. The minimum atomic E-state index is -0.529. The topological polar surface area (TPSA) is 49.3 Å². The van der Waals surface area contributed by atoms with E-state index in [4.69, 9.17) is 0 Å². The molecule has 0 aliphatic rings. The van der Waals surface area contributed by atoms with Gasteiger partial charge in [-0.05, 0) is 49.7 Å². The molecule has 3 heteroatoms. The molecule has 2 N–H and O–H groups in total. The molecule has 22 heavy (non-hydrogen) atoms. The Bertz CT molecular complexity index is 475. The molecule has 1 rings (SSSR count). The van der Waals surface area contributed by atoms with Gasteiger partial charge in [-0.25, -0.2) is 0 Å². The molecule has 1 aromatic rings. The van der Waals surface area contributed by atoms with E-state index in [1.54, 1.807) is 0 Å². The smallest absolute Gasteiger partial charge is 0.230 e. The lowest BCUT2D eigenvalue weighted by molar-refractivity contribution is -0.125. The van der Waals surface area contributed by atoms with Gasteiger partial charge >= 0.3 is 0 Å². The molecule has 1 aromatic carbocycles. The highest BCUT2D eigenvalue weighted by molar-refractivity contribution is 5.87.